The van der Waals surface area contributed by atoms with Crippen molar-refractivity contribution >= 4 is 15.9 Å². The summed E-state index contributed by atoms with van der Waals surface area (Å²) in [5.74, 6) is 1.55. The fourth-order valence-corrected chi connectivity index (χ4v) is 4.16. The van der Waals surface area contributed by atoms with Gasteiger partial charge in [0.05, 0.1) is 18.2 Å². The van der Waals surface area contributed by atoms with E-state index in [1.807, 2.05) is 6.92 Å². The number of rotatable bonds is 8. The molecule has 0 amide bonds. The maximum absolute atomic E-state index is 5.67. The number of nitrogens with zero attached hydrogens (tertiary/aromatic N) is 1. The van der Waals surface area contributed by atoms with E-state index >= 15 is 0 Å². The summed E-state index contributed by atoms with van der Waals surface area (Å²) in [7, 11) is 1.68. The highest BCUT2D eigenvalue weighted by atomic mass is 79.9. The van der Waals surface area contributed by atoms with Gasteiger partial charge in [-0.1, -0.05) is 30.3 Å². The van der Waals surface area contributed by atoms with Gasteiger partial charge in [-0.25, -0.2) is 0 Å². The van der Waals surface area contributed by atoms with Gasteiger partial charge in [0.2, 0.25) is 0 Å². The number of hydrogen-bond donors (Lipinski definition) is 1. The lowest BCUT2D eigenvalue weighted by atomic mass is 10.0. The molecule has 2 aromatic rings. The molecule has 0 saturated carbocycles. The Hall–Kier alpha value is -1.56. The van der Waals surface area contributed by atoms with Gasteiger partial charge in [0, 0.05) is 19.1 Å². The molecule has 5 heteroatoms. The van der Waals surface area contributed by atoms with Crippen LogP contribution in [0, 0.1) is 0 Å². The van der Waals surface area contributed by atoms with Crippen molar-refractivity contribution in [3.8, 4) is 11.5 Å². The maximum Gasteiger partial charge on any atom is 0.175 e. The van der Waals surface area contributed by atoms with Crippen LogP contribution in [-0.4, -0.2) is 37.7 Å². The minimum absolute atomic E-state index is 0.563. The van der Waals surface area contributed by atoms with Crippen molar-refractivity contribution < 1.29 is 9.47 Å². The summed E-state index contributed by atoms with van der Waals surface area (Å²) in [5.41, 5.74) is 2.60. The summed E-state index contributed by atoms with van der Waals surface area (Å²) in [6.07, 6.45) is 2.37. The molecule has 2 aromatic carbocycles. The van der Waals surface area contributed by atoms with E-state index in [0.717, 1.165) is 42.2 Å². The van der Waals surface area contributed by atoms with E-state index in [-0.39, 0.29) is 0 Å². The Bertz CT molecular complexity index is 716. The molecular weight excluding hydrogens is 404 g/mol. The zero-order valence-electron chi connectivity index (χ0n) is 16.2. The summed E-state index contributed by atoms with van der Waals surface area (Å²) in [6, 6.07) is 15.5. The smallest absolute Gasteiger partial charge is 0.175 e. The van der Waals surface area contributed by atoms with Crippen molar-refractivity contribution in [1.29, 1.82) is 0 Å². The number of benzene rings is 2. The monoisotopic (exact) mass is 432 g/mol. The van der Waals surface area contributed by atoms with Gasteiger partial charge in [0.25, 0.3) is 0 Å². The third-order valence-corrected chi connectivity index (χ3v) is 5.60. The van der Waals surface area contributed by atoms with Crippen molar-refractivity contribution in [1.82, 2.24) is 10.2 Å². The molecule has 0 unspecified atom stereocenters. The molecule has 1 N–H and O–H groups in total. The molecule has 0 aliphatic carbocycles. The Morgan fingerprint density at radius 3 is 2.52 bits per heavy atom. The number of halogens is 1. The molecule has 4 nitrogen and oxygen atoms in total. The summed E-state index contributed by atoms with van der Waals surface area (Å²) in [4.78, 5) is 2.55. The summed E-state index contributed by atoms with van der Waals surface area (Å²) in [6.45, 7) is 6.77. The molecule has 146 valence electrons. The number of hydrogen-bond acceptors (Lipinski definition) is 4. The zero-order chi connectivity index (χ0) is 19.1. The first-order chi connectivity index (χ1) is 13.2. The molecule has 0 radical (unpaired) electrons. The third kappa shape index (κ3) is 5.71. The molecule has 1 aliphatic rings. The van der Waals surface area contributed by atoms with Crippen molar-refractivity contribution in [3.05, 3.63) is 58.1 Å². The van der Waals surface area contributed by atoms with E-state index in [0.29, 0.717) is 12.6 Å². The Kier molecular flexibility index (Phi) is 7.56. The van der Waals surface area contributed by atoms with Crippen molar-refractivity contribution in [2.24, 2.45) is 0 Å². The predicted molar refractivity (Wildman–Crippen MR) is 113 cm³/mol. The highest BCUT2D eigenvalue weighted by Crippen LogP contribution is 2.36. The quantitative estimate of drug-likeness (QED) is 0.659. The number of nitrogens with one attached hydrogen (secondary N) is 1. The van der Waals surface area contributed by atoms with Crippen LogP contribution in [0.25, 0.3) is 0 Å². The standard InChI is InChI=1S/C22H29BrN2O2/c1-3-27-22-20(23)13-18(14-21(22)26-2)15-24-19-9-11-25(12-10-19)16-17-7-5-4-6-8-17/h4-8,13-14,19,24H,3,9-12,15-16H2,1-2H3. The van der Waals surface area contributed by atoms with Crippen LogP contribution >= 0.6 is 15.9 Å². The molecule has 1 heterocycles. The van der Waals surface area contributed by atoms with Gasteiger partial charge in [0.1, 0.15) is 0 Å². The molecule has 1 aliphatic heterocycles. The van der Waals surface area contributed by atoms with Crippen molar-refractivity contribution in [2.75, 3.05) is 26.8 Å². The van der Waals surface area contributed by atoms with Gasteiger partial charge in [-0.05, 0) is 72.0 Å². The third-order valence-electron chi connectivity index (χ3n) is 5.01. The minimum atomic E-state index is 0.563. The molecule has 27 heavy (non-hydrogen) atoms. The highest BCUT2D eigenvalue weighted by Gasteiger charge is 2.19. The lowest BCUT2D eigenvalue weighted by Crippen LogP contribution is -2.41. The van der Waals surface area contributed by atoms with Gasteiger partial charge in [0.15, 0.2) is 11.5 Å². The molecule has 0 atom stereocenters. The van der Waals surface area contributed by atoms with Crippen LogP contribution in [0.5, 0.6) is 11.5 Å². The van der Waals surface area contributed by atoms with Crippen LogP contribution in [-0.2, 0) is 13.1 Å². The fourth-order valence-electron chi connectivity index (χ4n) is 3.56. The number of piperidine rings is 1. The second-order valence-corrected chi connectivity index (χ2v) is 7.81. The summed E-state index contributed by atoms with van der Waals surface area (Å²) in [5, 5.41) is 3.71. The lowest BCUT2D eigenvalue weighted by Gasteiger charge is -2.32. The topological polar surface area (TPSA) is 33.7 Å². The van der Waals surface area contributed by atoms with Crippen LogP contribution in [0.2, 0.25) is 0 Å². The first-order valence-electron chi connectivity index (χ1n) is 9.68. The van der Waals surface area contributed by atoms with E-state index < -0.39 is 0 Å². The van der Waals surface area contributed by atoms with Gasteiger partial charge < -0.3 is 14.8 Å². The second-order valence-electron chi connectivity index (χ2n) is 6.96. The van der Waals surface area contributed by atoms with Crippen LogP contribution < -0.4 is 14.8 Å². The Balaban J connectivity index is 1.49. The van der Waals surface area contributed by atoms with E-state index in [1.165, 1.54) is 24.0 Å². The fraction of sp³-hybridized carbons (Fsp3) is 0.455. The molecule has 1 fully saturated rings. The van der Waals surface area contributed by atoms with E-state index in [4.69, 9.17) is 9.47 Å². The maximum atomic E-state index is 5.67. The Morgan fingerprint density at radius 1 is 1.11 bits per heavy atom. The zero-order valence-corrected chi connectivity index (χ0v) is 17.8. The highest BCUT2D eigenvalue weighted by molar-refractivity contribution is 9.10. The van der Waals surface area contributed by atoms with E-state index in [1.54, 1.807) is 7.11 Å². The molecule has 0 bridgehead atoms. The van der Waals surface area contributed by atoms with Crippen LogP contribution in [0.4, 0.5) is 0 Å². The number of likely N-dealkylation sites (tertiary alicyclic amines) is 1. The van der Waals surface area contributed by atoms with Crippen molar-refractivity contribution in [2.45, 2.75) is 38.9 Å². The van der Waals surface area contributed by atoms with Crippen LogP contribution in [0.3, 0.4) is 0 Å². The first-order valence-corrected chi connectivity index (χ1v) is 10.5. The number of ether oxygens (including phenoxy) is 2. The summed E-state index contributed by atoms with van der Waals surface area (Å²) >= 11 is 3.61. The Morgan fingerprint density at radius 2 is 1.85 bits per heavy atom. The largest absolute Gasteiger partial charge is 0.493 e. The molecule has 0 aromatic heterocycles. The first kappa shape index (κ1) is 20.2. The average molecular weight is 433 g/mol. The van der Waals surface area contributed by atoms with Gasteiger partial charge >= 0.3 is 0 Å². The van der Waals surface area contributed by atoms with Crippen LogP contribution in [0.1, 0.15) is 30.9 Å². The molecular formula is C22H29BrN2O2. The van der Waals surface area contributed by atoms with Crippen LogP contribution in [0.15, 0.2) is 46.9 Å². The minimum Gasteiger partial charge on any atom is -0.493 e. The Labute approximate surface area is 171 Å². The normalized spacial score (nSPS) is 15.7. The van der Waals surface area contributed by atoms with E-state index in [9.17, 15) is 0 Å². The lowest BCUT2D eigenvalue weighted by molar-refractivity contribution is 0.190. The average Bonchev–Trinajstić information content (AvgIpc) is 2.70. The second kappa shape index (κ2) is 10.1. The van der Waals surface area contributed by atoms with Crippen molar-refractivity contribution in [3.63, 3.8) is 0 Å². The summed E-state index contributed by atoms with van der Waals surface area (Å²) < 4.78 is 12.1. The number of methoxy groups -OCH3 is 1. The predicted octanol–water partition coefficient (Wildman–Crippen LogP) is 4.61. The van der Waals surface area contributed by atoms with E-state index in [2.05, 4.69) is 68.6 Å². The van der Waals surface area contributed by atoms with Gasteiger partial charge in [-0.15, -0.1) is 0 Å². The SMILES string of the molecule is CCOc1c(Br)cc(CNC2CCN(Cc3ccccc3)CC2)cc1OC. The molecule has 1 saturated heterocycles. The van der Waals surface area contributed by atoms with Gasteiger partial charge in [-0.2, -0.15) is 0 Å². The van der Waals surface area contributed by atoms with Gasteiger partial charge in [-0.3, -0.25) is 4.90 Å². The molecule has 3 rings (SSSR count). The molecule has 0 spiro atoms.